The molecule has 1 unspecified atom stereocenters. The predicted molar refractivity (Wildman–Crippen MR) is 57.4 cm³/mol. The Labute approximate surface area is 89.7 Å². The molecule has 0 spiro atoms. The van der Waals surface area contributed by atoms with Crippen LogP contribution in [0.5, 0.6) is 0 Å². The number of hydrogen-bond donors (Lipinski definition) is 1. The molecule has 4 heteroatoms. The van der Waals surface area contributed by atoms with Gasteiger partial charge in [0.05, 0.1) is 0 Å². The molecular formula is C11H17N3O. The van der Waals surface area contributed by atoms with Gasteiger partial charge in [-0.05, 0) is 26.3 Å². The van der Waals surface area contributed by atoms with Crippen LogP contribution in [-0.2, 0) is 17.8 Å². The molecule has 0 bridgehead atoms. The van der Waals surface area contributed by atoms with Gasteiger partial charge in [0.2, 0.25) is 5.91 Å². The van der Waals surface area contributed by atoms with Gasteiger partial charge in [-0.3, -0.25) is 9.48 Å². The minimum absolute atomic E-state index is 0.0793. The molecule has 1 saturated heterocycles. The highest BCUT2D eigenvalue weighted by molar-refractivity contribution is 5.79. The summed E-state index contributed by atoms with van der Waals surface area (Å²) in [4.78, 5) is 11.2. The van der Waals surface area contributed by atoms with Crippen LogP contribution < -0.4 is 5.32 Å². The van der Waals surface area contributed by atoms with Crippen molar-refractivity contribution in [1.29, 1.82) is 0 Å². The van der Waals surface area contributed by atoms with Gasteiger partial charge in [-0.1, -0.05) is 0 Å². The smallest absolute Gasteiger partial charge is 0.220 e. The summed E-state index contributed by atoms with van der Waals surface area (Å²) >= 11 is 0. The molecule has 2 heterocycles. The van der Waals surface area contributed by atoms with Gasteiger partial charge in [0.25, 0.3) is 0 Å². The molecular weight excluding hydrogens is 190 g/mol. The maximum absolute atomic E-state index is 11.2. The predicted octanol–water partition coefficient (Wildman–Crippen LogP) is 1.11. The molecule has 0 aromatic carbocycles. The Bertz CT molecular complexity index is 372. The van der Waals surface area contributed by atoms with Gasteiger partial charge in [0, 0.05) is 36.8 Å². The van der Waals surface area contributed by atoms with Crippen LogP contribution in [0.3, 0.4) is 0 Å². The Hall–Kier alpha value is -1.32. The third-order valence-corrected chi connectivity index (χ3v) is 3.02. The summed E-state index contributed by atoms with van der Waals surface area (Å²) in [6.45, 7) is 5.06. The Morgan fingerprint density at radius 2 is 2.47 bits per heavy atom. The second-order valence-corrected chi connectivity index (χ2v) is 4.42. The number of carbonyl (C=O) groups is 1. The highest BCUT2D eigenvalue weighted by atomic mass is 16.2. The Balaban J connectivity index is 2.11. The fourth-order valence-corrected chi connectivity index (χ4v) is 2.18. The number of carbonyl (C=O) groups excluding carboxylic acids is 1. The van der Waals surface area contributed by atoms with Crippen molar-refractivity contribution in [2.75, 3.05) is 0 Å². The van der Waals surface area contributed by atoms with Crippen molar-refractivity contribution in [3.05, 3.63) is 18.0 Å². The first-order chi connectivity index (χ1) is 7.13. The molecule has 82 valence electrons. The third-order valence-electron chi connectivity index (χ3n) is 3.02. The van der Waals surface area contributed by atoms with Crippen LogP contribution in [-0.4, -0.2) is 21.2 Å². The quantitative estimate of drug-likeness (QED) is 0.807. The number of rotatable bonds is 3. The van der Waals surface area contributed by atoms with Gasteiger partial charge in [0.1, 0.15) is 0 Å². The molecule has 1 N–H and O–H groups in total. The first-order valence-electron chi connectivity index (χ1n) is 5.45. The van der Waals surface area contributed by atoms with E-state index in [0.717, 1.165) is 19.4 Å². The van der Waals surface area contributed by atoms with Crippen molar-refractivity contribution in [2.45, 2.75) is 45.2 Å². The lowest BCUT2D eigenvalue weighted by molar-refractivity contribution is -0.119. The normalized spacial score (nSPS) is 25.6. The van der Waals surface area contributed by atoms with Crippen LogP contribution >= 0.6 is 0 Å². The maximum atomic E-state index is 11.2. The number of aryl methyl sites for hydroxylation is 1. The monoisotopic (exact) mass is 207 g/mol. The van der Waals surface area contributed by atoms with Crippen LogP contribution in [0.2, 0.25) is 0 Å². The first-order valence-corrected chi connectivity index (χ1v) is 5.45. The average molecular weight is 207 g/mol. The van der Waals surface area contributed by atoms with Crippen molar-refractivity contribution in [2.24, 2.45) is 0 Å². The molecule has 1 atom stereocenters. The number of hydrogen-bond acceptors (Lipinski definition) is 2. The van der Waals surface area contributed by atoms with E-state index in [2.05, 4.69) is 24.3 Å². The number of aromatic nitrogens is 2. The Morgan fingerprint density at radius 3 is 3.07 bits per heavy atom. The summed E-state index contributed by atoms with van der Waals surface area (Å²) in [5, 5.41) is 7.27. The zero-order valence-corrected chi connectivity index (χ0v) is 9.29. The number of nitrogens with zero attached hydrogens (tertiary/aromatic N) is 2. The molecule has 4 nitrogen and oxygen atoms in total. The van der Waals surface area contributed by atoms with Crippen molar-refractivity contribution < 1.29 is 4.79 Å². The molecule has 0 saturated carbocycles. The van der Waals surface area contributed by atoms with E-state index in [1.54, 1.807) is 0 Å². The summed E-state index contributed by atoms with van der Waals surface area (Å²) in [6, 6.07) is 2.03. The standard InChI is InChI=1S/C11H17N3O/c1-3-14-9(5-7-12-14)8-11(2)6-4-10(15)13-11/h5,7H,3-4,6,8H2,1-2H3,(H,13,15). The number of amides is 1. The molecule has 1 aliphatic heterocycles. The summed E-state index contributed by atoms with van der Waals surface area (Å²) in [5.74, 6) is 0.167. The van der Waals surface area contributed by atoms with Gasteiger partial charge < -0.3 is 5.32 Å². The van der Waals surface area contributed by atoms with E-state index in [1.165, 1.54) is 5.69 Å². The highest BCUT2D eigenvalue weighted by Crippen LogP contribution is 2.23. The fourth-order valence-electron chi connectivity index (χ4n) is 2.18. The van der Waals surface area contributed by atoms with Crippen LogP contribution in [0.1, 0.15) is 32.4 Å². The van der Waals surface area contributed by atoms with E-state index in [1.807, 2.05) is 16.9 Å². The van der Waals surface area contributed by atoms with Crippen LogP contribution in [0.4, 0.5) is 0 Å². The van der Waals surface area contributed by atoms with Crippen LogP contribution in [0.15, 0.2) is 12.3 Å². The summed E-state index contributed by atoms with van der Waals surface area (Å²) in [7, 11) is 0. The Kier molecular flexibility index (Phi) is 2.50. The lowest BCUT2D eigenvalue weighted by atomic mass is 9.94. The maximum Gasteiger partial charge on any atom is 0.220 e. The lowest BCUT2D eigenvalue weighted by Gasteiger charge is -2.24. The minimum Gasteiger partial charge on any atom is -0.351 e. The molecule has 1 aromatic heterocycles. The van der Waals surface area contributed by atoms with Crippen molar-refractivity contribution in [1.82, 2.24) is 15.1 Å². The first kappa shape index (κ1) is 10.2. The zero-order chi connectivity index (χ0) is 10.9. The third kappa shape index (κ3) is 2.03. The molecule has 1 aliphatic rings. The second-order valence-electron chi connectivity index (χ2n) is 4.42. The number of nitrogens with one attached hydrogen (secondary N) is 1. The van der Waals surface area contributed by atoms with Gasteiger partial charge in [-0.2, -0.15) is 5.10 Å². The lowest BCUT2D eigenvalue weighted by Crippen LogP contribution is -2.40. The van der Waals surface area contributed by atoms with E-state index in [9.17, 15) is 4.79 Å². The molecule has 0 radical (unpaired) electrons. The van der Waals surface area contributed by atoms with Crippen molar-refractivity contribution >= 4 is 5.91 Å². The van der Waals surface area contributed by atoms with E-state index >= 15 is 0 Å². The zero-order valence-electron chi connectivity index (χ0n) is 9.29. The minimum atomic E-state index is -0.0793. The molecule has 0 aliphatic carbocycles. The van der Waals surface area contributed by atoms with Crippen LogP contribution in [0, 0.1) is 0 Å². The van der Waals surface area contributed by atoms with Gasteiger partial charge in [-0.25, -0.2) is 0 Å². The van der Waals surface area contributed by atoms with Gasteiger partial charge in [-0.15, -0.1) is 0 Å². The summed E-state index contributed by atoms with van der Waals surface area (Å²) in [6.07, 6.45) is 4.25. The molecule has 15 heavy (non-hydrogen) atoms. The second kappa shape index (κ2) is 3.68. The average Bonchev–Trinajstić information content (AvgIpc) is 2.74. The van der Waals surface area contributed by atoms with Crippen molar-refractivity contribution in [3.63, 3.8) is 0 Å². The molecule has 1 amide bonds. The molecule has 1 fully saturated rings. The topological polar surface area (TPSA) is 46.9 Å². The highest BCUT2D eigenvalue weighted by Gasteiger charge is 2.33. The van der Waals surface area contributed by atoms with Crippen molar-refractivity contribution in [3.8, 4) is 0 Å². The van der Waals surface area contributed by atoms with Gasteiger partial charge in [0.15, 0.2) is 0 Å². The van der Waals surface area contributed by atoms with E-state index in [-0.39, 0.29) is 11.4 Å². The van der Waals surface area contributed by atoms with E-state index in [4.69, 9.17) is 0 Å². The summed E-state index contributed by atoms with van der Waals surface area (Å²) < 4.78 is 1.98. The fraction of sp³-hybridized carbons (Fsp3) is 0.636. The SMILES string of the molecule is CCn1nccc1CC1(C)CCC(=O)N1. The molecule has 1 aromatic rings. The van der Waals surface area contributed by atoms with Crippen LogP contribution in [0.25, 0.3) is 0 Å². The molecule has 2 rings (SSSR count). The Morgan fingerprint density at radius 1 is 1.67 bits per heavy atom. The largest absolute Gasteiger partial charge is 0.351 e. The summed E-state index contributed by atoms with van der Waals surface area (Å²) in [5.41, 5.74) is 1.12. The van der Waals surface area contributed by atoms with E-state index < -0.39 is 0 Å². The van der Waals surface area contributed by atoms with E-state index in [0.29, 0.717) is 6.42 Å². The van der Waals surface area contributed by atoms with Gasteiger partial charge >= 0.3 is 0 Å².